The van der Waals surface area contributed by atoms with Gasteiger partial charge in [-0.1, -0.05) is 56.3 Å². The molecular formula is C24H28FN3O2. The summed E-state index contributed by atoms with van der Waals surface area (Å²) >= 11 is 0. The zero-order valence-electron chi connectivity index (χ0n) is 17.7. The third-order valence-corrected chi connectivity index (χ3v) is 4.72. The smallest absolute Gasteiger partial charge is 0.226 e. The van der Waals surface area contributed by atoms with E-state index in [0.29, 0.717) is 36.5 Å². The van der Waals surface area contributed by atoms with Crippen LogP contribution in [0.15, 0.2) is 59.1 Å². The van der Waals surface area contributed by atoms with Crippen molar-refractivity contribution in [3.05, 3.63) is 71.9 Å². The van der Waals surface area contributed by atoms with Crippen molar-refractivity contribution in [1.82, 2.24) is 15.5 Å². The molecule has 1 aromatic heterocycles. The molecule has 0 aliphatic carbocycles. The van der Waals surface area contributed by atoms with E-state index >= 15 is 0 Å². The van der Waals surface area contributed by atoms with Gasteiger partial charge in [0.25, 0.3) is 0 Å². The Morgan fingerprint density at radius 3 is 2.47 bits per heavy atom. The van der Waals surface area contributed by atoms with E-state index in [9.17, 15) is 9.18 Å². The van der Waals surface area contributed by atoms with Crippen LogP contribution in [-0.2, 0) is 11.2 Å². The summed E-state index contributed by atoms with van der Waals surface area (Å²) in [4.78, 5) is 16.9. The van der Waals surface area contributed by atoms with Crippen LogP contribution in [-0.4, -0.2) is 16.0 Å². The Labute approximate surface area is 176 Å². The number of carbonyl (C=O) groups is 1. The standard InChI is InChI=1S/C24H28FN3O2/c1-24(2,3)16-20(17-8-5-4-6-9-17)26-21(29)10-7-11-22-27-23(28-30-22)18-12-14-19(25)15-13-18/h4-6,8-9,12-15,20H,7,10-11,16H2,1-3H3,(H,26,29). The van der Waals surface area contributed by atoms with E-state index in [2.05, 4.69) is 36.2 Å². The number of nitrogens with one attached hydrogen (secondary N) is 1. The summed E-state index contributed by atoms with van der Waals surface area (Å²) in [5.41, 5.74) is 1.90. The monoisotopic (exact) mass is 409 g/mol. The second-order valence-electron chi connectivity index (χ2n) is 8.67. The molecule has 0 aliphatic heterocycles. The minimum atomic E-state index is -0.311. The van der Waals surface area contributed by atoms with Crippen LogP contribution in [0, 0.1) is 11.2 Å². The van der Waals surface area contributed by atoms with Gasteiger partial charge in [-0.3, -0.25) is 4.79 Å². The maximum atomic E-state index is 13.0. The van der Waals surface area contributed by atoms with Crippen LogP contribution in [0.1, 0.15) is 57.5 Å². The SMILES string of the molecule is CC(C)(C)CC(NC(=O)CCCc1nc(-c2ccc(F)cc2)no1)c1ccccc1. The summed E-state index contributed by atoms with van der Waals surface area (Å²) in [6.07, 6.45) is 2.35. The Bertz CT molecular complexity index is 947. The van der Waals surface area contributed by atoms with Crippen LogP contribution in [0.2, 0.25) is 0 Å². The minimum absolute atomic E-state index is 0.00590. The van der Waals surface area contributed by atoms with Gasteiger partial charge in [-0.05, 0) is 48.1 Å². The quantitative estimate of drug-likeness (QED) is 0.534. The molecule has 0 radical (unpaired) electrons. The van der Waals surface area contributed by atoms with Crippen LogP contribution >= 0.6 is 0 Å². The van der Waals surface area contributed by atoms with Crippen LogP contribution in [0.5, 0.6) is 0 Å². The highest BCUT2D eigenvalue weighted by Crippen LogP contribution is 2.29. The molecule has 0 bridgehead atoms. The Hall–Kier alpha value is -3.02. The lowest BCUT2D eigenvalue weighted by molar-refractivity contribution is -0.122. The molecule has 0 fully saturated rings. The van der Waals surface area contributed by atoms with Crippen LogP contribution in [0.3, 0.4) is 0 Å². The summed E-state index contributed by atoms with van der Waals surface area (Å²) < 4.78 is 18.3. The number of carbonyl (C=O) groups excluding carboxylic acids is 1. The van der Waals surface area contributed by atoms with Crippen molar-refractivity contribution in [3.8, 4) is 11.4 Å². The number of hydrogen-bond acceptors (Lipinski definition) is 4. The molecular weight excluding hydrogens is 381 g/mol. The number of halogens is 1. The summed E-state index contributed by atoms with van der Waals surface area (Å²) in [6, 6.07) is 16.0. The molecule has 158 valence electrons. The number of aryl methyl sites for hydroxylation is 1. The van der Waals surface area contributed by atoms with E-state index in [1.54, 1.807) is 12.1 Å². The average molecular weight is 410 g/mol. The highest BCUT2D eigenvalue weighted by atomic mass is 19.1. The van der Waals surface area contributed by atoms with E-state index < -0.39 is 0 Å². The first-order valence-corrected chi connectivity index (χ1v) is 10.2. The molecule has 0 aliphatic rings. The summed E-state index contributed by atoms with van der Waals surface area (Å²) in [5, 5.41) is 7.10. The highest BCUT2D eigenvalue weighted by Gasteiger charge is 2.22. The molecule has 1 heterocycles. The molecule has 5 nitrogen and oxygen atoms in total. The summed E-state index contributed by atoms with van der Waals surface area (Å²) in [5.74, 6) is 0.584. The first-order chi connectivity index (χ1) is 14.3. The van der Waals surface area contributed by atoms with Crippen molar-refractivity contribution in [1.29, 1.82) is 0 Å². The van der Waals surface area contributed by atoms with Crippen LogP contribution in [0.4, 0.5) is 4.39 Å². The molecule has 3 rings (SSSR count). The van der Waals surface area contributed by atoms with Gasteiger partial charge in [-0.15, -0.1) is 0 Å². The molecule has 0 saturated heterocycles. The fourth-order valence-electron chi connectivity index (χ4n) is 3.29. The second kappa shape index (κ2) is 9.65. The molecule has 2 aromatic carbocycles. The van der Waals surface area contributed by atoms with Gasteiger partial charge < -0.3 is 9.84 Å². The van der Waals surface area contributed by atoms with Gasteiger partial charge in [0, 0.05) is 18.4 Å². The Kier molecular flexibility index (Phi) is 6.98. The minimum Gasteiger partial charge on any atom is -0.349 e. The van der Waals surface area contributed by atoms with Gasteiger partial charge in [0.2, 0.25) is 17.6 Å². The molecule has 6 heteroatoms. The number of benzene rings is 2. The highest BCUT2D eigenvalue weighted by molar-refractivity contribution is 5.76. The fraction of sp³-hybridized carbons (Fsp3) is 0.375. The van der Waals surface area contributed by atoms with Gasteiger partial charge in [0.05, 0.1) is 6.04 Å². The van der Waals surface area contributed by atoms with Gasteiger partial charge in [0.15, 0.2) is 0 Å². The van der Waals surface area contributed by atoms with Crippen LogP contribution < -0.4 is 5.32 Å². The lowest BCUT2D eigenvalue weighted by atomic mass is 9.85. The normalized spacial score (nSPS) is 12.5. The number of rotatable bonds is 8. The third-order valence-electron chi connectivity index (χ3n) is 4.72. The fourth-order valence-corrected chi connectivity index (χ4v) is 3.29. The zero-order chi connectivity index (χ0) is 21.6. The first kappa shape index (κ1) is 21.7. The molecule has 0 saturated carbocycles. The largest absolute Gasteiger partial charge is 0.349 e. The Morgan fingerprint density at radius 2 is 1.80 bits per heavy atom. The maximum Gasteiger partial charge on any atom is 0.226 e. The van der Waals surface area contributed by atoms with E-state index in [0.717, 1.165) is 12.0 Å². The number of amides is 1. The van der Waals surface area contributed by atoms with Crippen LogP contribution in [0.25, 0.3) is 11.4 Å². The molecule has 1 unspecified atom stereocenters. The topological polar surface area (TPSA) is 68.0 Å². The second-order valence-corrected chi connectivity index (χ2v) is 8.67. The zero-order valence-corrected chi connectivity index (χ0v) is 17.7. The molecule has 3 aromatic rings. The summed E-state index contributed by atoms with van der Waals surface area (Å²) in [7, 11) is 0. The molecule has 1 amide bonds. The lowest BCUT2D eigenvalue weighted by Crippen LogP contribution is -2.31. The molecule has 30 heavy (non-hydrogen) atoms. The number of aromatic nitrogens is 2. The van der Waals surface area contributed by atoms with Crippen molar-refractivity contribution in [2.45, 2.75) is 52.5 Å². The summed E-state index contributed by atoms with van der Waals surface area (Å²) in [6.45, 7) is 6.51. The van der Waals surface area contributed by atoms with Crippen molar-refractivity contribution in [2.75, 3.05) is 0 Å². The van der Waals surface area contributed by atoms with Crippen molar-refractivity contribution < 1.29 is 13.7 Å². The Balaban J connectivity index is 1.53. The van der Waals surface area contributed by atoms with Gasteiger partial charge in [-0.2, -0.15) is 4.98 Å². The average Bonchev–Trinajstić information content (AvgIpc) is 3.16. The number of hydrogen-bond donors (Lipinski definition) is 1. The predicted molar refractivity (Wildman–Crippen MR) is 114 cm³/mol. The van der Waals surface area contributed by atoms with E-state index in [4.69, 9.17) is 4.52 Å². The third kappa shape index (κ3) is 6.51. The predicted octanol–water partition coefficient (Wildman–Crippen LogP) is 5.49. The van der Waals surface area contributed by atoms with Crippen molar-refractivity contribution in [3.63, 3.8) is 0 Å². The van der Waals surface area contributed by atoms with Gasteiger partial charge >= 0.3 is 0 Å². The van der Waals surface area contributed by atoms with Gasteiger partial charge in [0.1, 0.15) is 5.82 Å². The lowest BCUT2D eigenvalue weighted by Gasteiger charge is -2.27. The van der Waals surface area contributed by atoms with Crippen molar-refractivity contribution >= 4 is 5.91 Å². The number of nitrogens with zero attached hydrogens (tertiary/aromatic N) is 2. The van der Waals surface area contributed by atoms with E-state index in [1.165, 1.54) is 12.1 Å². The first-order valence-electron chi connectivity index (χ1n) is 10.2. The maximum absolute atomic E-state index is 13.0. The van der Waals surface area contributed by atoms with E-state index in [1.807, 2.05) is 30.3 Å². The molecule has 1 atom stereocenters. The van der Waals surface area contributed by atoms with Crippen molar-refractivity contribution in [2.24, 2.45) is 5.41 Å². The van der Waals surface area contributed by atoms with E-state index in [-0.39, 0.29) is 23.2 Å². The Morgan fingerprint density at radius 1 is 1.10 bits per heavy atom. The van der Waals surface area contributed by atoms with Gasteiger partial charge in [-0.25, -0.2) is 4.39 Å². The molecule has 1 N–H and O–H groups in total. The molecule has 0 spiro atoms.